The molecule has 0 N–H and O–H groups in total. The van der Waals surface area contributed by atoms with E-state index in [2.05, 4.69) is 25.1 Å². The molecule has 28 heavy (non-hydrogen) atoms. The molecule has 0 unspecified atom stereocenters. The number of nitrogens with zero attached hydrogens (tertiary/aromatic N) is 1. The van der Waals surface area contributed by atoms with Crippen molar-refractivity contribution >= 4 is 34.7 Å². The van der Waals surface area contributed by atoms with Crippen molar-refractivity contribution in [1.29, 1.82) is 5.26 Å². The van der Waals surface area contributed by atoms with Gasteiger partial charge < -0.3 is 9.47 Å². The first kappa shape index (κ1) is 17.5. The summed E-state index contributed by atoms with van der Waals surface area (Å²) >= 11 is 8.09. The smallest absolute Gasteiger partial charge is 0.142 e. The third-order valence-electron chi connectivity index (χ3n) is 5.16. The first-order valence-electron chi connectivity index (χ1n) is 9.07. The van der Waals surface area contributed by atoms with Gasteiger partial charge in [-0.3, -0.25) is 0 Å². The summed E-state index contributed by atoms with van der Waals surface area (Å²) in [7, 11) is 0. The molecule has 0 saturated heterocycles. The maximum absolute atomic E-state index is 9.34. The van der Waals surface area contributed by atoms with E-state index in [0.717, 1.165) is 57.1 Å². The van der Waals surface area contributed by atoms with Crippen molar-refractivity contribution in [3.8, 4) is 11.8 Å². The second-order valence-electron chi connectivity index (χ2n) is 6.93. The van der Waals surface area contributed by atoms with Crippen LogP contribution in [-0.4, -0.2) is 12.4 Å². The Morgan fingerprint density at radius 3 is 2.89 bits per heavy atom. The normalized spacial score (nSPS) is 18.8. The molecule has 0 aromatic heterocycles. The fourth-order valence-electron chi connectivity index (χ4n) is 3.94. The summed E-state index contributed by atoms with van der Waals surface area (Å²) in [6.07, 6.45) is 2.23. The van der Waals surface area contributed by atoms with Gasteiger partial charge in [0.25, 0.3) is 0 Å². The molecule has 0 aliphatic carbocycles. The van der Waals surface area contributed by atoms with Gasteiger partial charge in [0.15, 0.2) is 0 Å². The highest BCUT2D eigenvalue weighted by Crippen LogP contribution is 2.51. The monoisotopic (exact) mass is 405 g/mol. The summed E-state index contributed by atoms with van der Waals surface area (Å²) in [6, 6.07) is 14.3. The Balaban J connectivity index is 1.82. The predicted molar refractivity (Wildman–Crippen MR) is 112 cm³/mol. The Bertz CT molecular complexity index is 1150. The molecule has 3 heterocycles. The summed E-state index contributed by atoms with van der Waals surface area (Å²) in [5.74, 6) is 2.97. The average molecular weight is 406 g/mol. The van der Waals surface area contributed by atoms with E-state index in [0.29, 0.717) is 17.4 Å². The Labute approximate surface area is 172 Å². The highest BCUT2D eigenvalue weighted by molar-refractivity contribution is 7.99. The third-order valence-corrected chi connectivity index (χ3v) is 6.49. The lowest BCUT2D eigenvalue weighted by molar-refractivity contribution is 0.325. The van der Waals surface area contributed by atoms with Crippen LogP contribution in [0, 0.1) is 18.3 Å². The zero-order valence-corrected chi connectivity index (χ0v) is 16.8. The van der Waals surface area contributed by atoms with Gasteiger partial charge in [0.2, 0.25) is 0 Å². The molecule has 5 heteroatoms. The van der Waals surface area contributed by atoms with Gasteiger partial charge in [0, 0.05) is 33.2 Å². The number of ether oxygens (including phenoxy) is 2. The zero-order chi connectivity index (χ0) is 19.3. The number of rotatable bonds is 0. The highest BCUT2D eigenvalue weighted by Gasteiger charge is 2.34. The van der Waals surface area contributed by atoms with Crippen LogP contribution in [0.5, 0.6) is 5.75 Å². The van der Waals surface area contributed by atoms with Crippen molar-refractivity contribution in [1.82, 2.24) is 0 Å². The first-order valence-corrected chi connectivity index (χ1v) is 10.4. The van der Waals surface area contributed by atoms with E-state index in [-0.39, 0.29) is 0 Å². The fraction of sp³-hybridized carbons (Fsp3) is 0.174. The standard InChI is InChI=1S/C23H16ClNO2S/c1-13-2-4-19-16(10-13)23-15(7-9-26-19)22-17-11-14(24)3-5-21(17)28-12-18(22)20(27-23)6-8-25/h2-6,10-11H,7,9,12H2,1H3/b20-6-. The molecule has 3 aliphatic heterocycles. The van der Waals surface area contributed by atoms with Gasteiger partial charge >= 0.3 is 0 Å². The fourth-order valence-corrected chi connectivity index (χ4v) is 5.17. The lowest BCUT2D eigenvalue weighted by atomic mass is 9.86. The Morgan fingerprint density at radius 2 is 2.04 bits per heavy atom. The number of aryl methyl sites for hydroxylation is 1. The van der Waals surface area contributed by atoms with Crippen LogP contribution in [0.3, 0.4) is 0 Å². The van der Waals surface area contributed by atoms with E-state index in [1.807, 2.05) is 24.3 Å². The van der Waals surface area contributed by atoms with Crippen LogP contribution < -0.4 is 4.74 Å². The number of nitriles is 1. The summed E-state index contributed by atoms with van der Waals surface area (Å²) in [6.45, 7) is 2.63. The van der Waals surface area contributed by atoms with Crippen molar-refractivity contribution < 1.29 is 9.47 Å². The number of hydrogen-bond acceptors (Lipinski definition) is 4. The molecule has 2 aromatic carbocycles. The van der Waals surface area contributed by atoms with Crippen molar-refractivity contribution in [3.63, 3.8) is 0 Å². The van der Waals surface area contributed by atoms with Gasteiger partial charge in [-0.25, -0.2) is 0 Å². The molecule has 0 radical (unpaired) electrons. The summed E-state index contributed by atoms with van der Waals surface area (Å²) < 4.78 is 12.4. The van der Waals surface area contributed by atoms with Crippen LogP contribution >= 0.6 is 23.4 Å². The lowest BCUT2D eigenvalue weighted by Gasteiger charge is -2.31. The maximum Gasteiger partial charge on any atom is 0.142 e. The molecule has 138 valence electrons. The minimum absolute atomic E-state index is 0.579. The van der Waals surface area contributed by atoms with Gasteiger partial charge in [-0.15, -0.1) is 11.8 Å². The molecular formula is C23H16ClNO2S. The molecule has 3 nitrogen and oxygen atoms in total. The second-order valence-corrected chi connectivity index (χ2v) is 8.38. The van der Waals surface area contributed by atoms with Gasteiger partial charge in [-0.05, 0) is 48.4 Å². The minimum Gasteiger partial charge on any atom is -0.492 e. The number of allylic oxidation sites excluding steroid dienone is 3. The van der Waals surface area contributed by atoms with Crippen molar-refractivity contribution in [2.75, 3.05) is 12.4 Å². The number of fused-ring (bicyclic) bond motifs is 5. The molecule has 0 spiro atoms. The summed E-state index contributed by atoms with van der Waals surface area (Å²) in [5.41, 5.74) is 6.48. The van der Waals surface area contributed by atoms with E-state index in [4.69, 9.17) is 21.1 Å². The van der Waals surface area contributed by atoms with Crippen LogP contribution in [0.1, 0.15) is 23.1 Å². The van der Waals surface area contributed by atoms with E-state index >= 15 is 0 Å². The van der Waals surface area contributed by atoms with Crippen LogP contribution in [0.2, 0.25) is 5.02 Å². The van der Waals surface area contributed by atoms with E-state index in [1.54, 1.807) is 11.8 Å². The summed E-state index contributed by atoms with van der Waals surface area (Å²) in [4.78, 5) is 1.20. The van der Waals surface area contributed by atoms with Gasteiger partial charge in [0.1, 0.15) is 17.3 Å². The largest absolute Gasteiger partial charge is 0.492 e. The topological polar surface area (TPSA) is 42.2 Å². The zero-order valence-electron chi connectivity index (χ0n) is 15.2. The molecule has 0 saturated carbocycles. The number of thioether (sulfide) groups is 1. The van der Waals surface area contributed by atoms with Crippen LogP contribution in [0.15, 0.2) is 64.3 Å². The Kier molecular flexibility index (Phi) is 4.23. The molecule has 0 fully saturated rings. The van der Waals surface area contributed by atoms with Crippen LogP contribution in [-0.2, 0) is 4.74 Å². The minimum atomic E-state index is 0.579. The van der Waals surface area contributed by atoms with Gasteiger partial charge in [-0.1, -0.05) is 23.2 Å². The van der Waals surface area contributed by atoms with E-state index in [1.165, 1.54) is 11.0 Å². The lowest BCUT2D eigenvalue weighted by Crippen LogP contribution is -2.15. The predicted octanol–water partition coefficient (Wildman–Crippen LogP) is 6.14. The van der Waals surface area contributed by atoms with Crippen LogP contribution in [0.25, 0.3) is 11.3 Å². The highest BCUT2D eigenvalue weighted by atomic mass is 35.5. The SMILES string of the molecule is Cc1ccc2c(c1)C1=C(CCO2)C2=C(CSc3ccc(Cl)cc32)/C(=C/C#N)O1. The van der Waals surface area contributed by atoms with Crippen LogP contribution in [0.4, 0.5) is 0 Å². The molecule has 2 aromatic rings. The quantitative estimate of drug-likeness (QED) is 0.494. The summed E-state index contributed by atoms with van der Waals surface area (Å²) in [5, 5.41) is 10.0. The number of benzene rings is 2. The molecule has 0 bridgehead atoms. The van der Waals surface area contributed by atoms with Gasteiger partial charge in [0.05, 0.1) is 24.3 Å². The molecule has 0 amide bonds. The molecule has 3 aliphatic rings. The van der Waals surface area contributed by atoms with E-state index < -0.39 is 0 Å². The molecule has 0 atom stereocenters. The van der Waals surface area contributed by atoms with Crippen molar-refractivity contribution in [2.45, 2.75) is 18.2 Å². The Hall–Kier alpha value is -2.61. The van der Waals surface area contributed by atoms with Crippen molar-refractivity contribution in [3.05, 3.63) is 81.1 Å². The van der Waals surface area contributed by atoms with E-state index in [9.17, 15) is 5.26 Å². The number of halogens is 1. The van der Waals surface area contributed by atoms with Gasteiger partial charge in [-0.2, -0.15) is 5.26 Å². The van der Waals surface area contributed by atoms with Crippen molar-refractivity contribution in [2.24, 2.45) is 0 Å². The first-order chi connectivity index (χ1) is 13.7. The maximum atomic E-state index is 9.34. The molecular weight excluding hydrogens is 390 g/mol. The average Bonchev–Trinajstić information content (AvgIpc) is 2.87. The third kappa shape index (κ3) is 2.74. The second kappa shape index (κ2) is 6.77. The number of hydrogen-bond donors (Lipinski definition) is 0. The molecule has 5 rings (SSSR count). The Morgan fingerprint density at radius 1 is 1.14 bits per heavy atom.